The fourth-order valence-electron chi connectivity index (χ4n) is 1.26. The van der Waals surface area contributed by atoms with Crippen molar-refractivity contribution in [2.75, 3.05) is 16.8 Å². The molecule has 0 fully saturated rings. The van der Waals surface area contributed by atoms with Crippen molar-refractivity contribution in [3.05, 3.63) is 0 Å². The maximum atomic E-state index is 9.86. The Balaban J connectivity index is 2.80. The molecule has 0 radical (unpaired) electrons. The van der Waals surface area contributed by atoms with Gasteiger partial charge in [0.2, 0.25) is 17.8 Å². The van der Waals surface area contributed by atoms with Gasteiger partial charge in [0, 0.05) is 0 Å². The van der Waals surface area contributed by atoms with Gasteiger partial charge in [-0.25, -0.2) is 0 Å². The molecule has 0 saturated heterocycles. The van der Waals surface area contributed by atoms with Gasteiger partial charge in [0.25, 0.3) is 0 Å². The first-order chi connectivity index (χ1) is 6.93. The molecule has 0 aliphatic rings. The maximum absolute atomic E-state index is 9.86. The number of aliphatic hydroxyl groups is 1. The molecule has 1 aromatic heterocycles. The number of nitrogens with two attached hydrogens (primary N) is 2. The highest BCUT2D eigenvalue weighted by atomic mass is 16.3. The Morgan fingerprint density at radius 3 is 2.27 bits per heavy atom. The highest BCUT2D eigenvalue weighted by molar-refractivity contribution is 5.38. The van der Waals surface area contributed by atoms with Gasteiger partial charge in [0.15, 0.2) is 0 Å². The lowest BCUT2D eigenvalue weighted by atomic mass is 10.1. The van der Waals surface area contributed by atoms with Gasteiger partial charge in [-0.1, -0.05) is 13.3 Å². The number of nitrogen functional groups attached to an aromatic ring is 2. The van der Waals surface area contributed by atoms with Gasteiger partial charge in [-0.3, -0.25) is 0 Å². The molecule has 7 nitrogen and oxygen atoms in total. The molecule has 6 N–H and O–H groups in total. The van der Waals surface area contributed by atoms with Crippen LogP contribution in [0.15, 0.2) is 0 Å². The molecule has 1 heterocycles. The number of rotatable bonds is 4. The number of anilines is 3. The molecule has 1 atom stereocenters. The smallest absolute Gasteiger partial charge is 0.231 e. The lowest BCUT2D eigenvalue weighted by molar-refractivity contribution is 0.0790. The van der Waals surface area contributed by atoms with Crippen molar-refractivity contribution in [3.8, 4) is 0 Å². The lowest BCUT2D eigenvalue weighted by Gasteiger charge is -2.23. The molecule has 1 unspecified atom stereocenters. The van der Waals surface area contributed by atoms with Gasteiger partial charge in [-0.15, -0.1) is 0 Å². The van der Waals surface area contributed by atoms with E-state index < -0.39 is 5.72 Å². The number of hydrogen-bond donors (Lipinski definition) is 4. The molecule has 0 aliphatic carbocycles. The Morgan fingerprint density at radius 2 is 1.80 bits per heavy atom. The number of nitrogens with zero attached hydrogens (tertiary/aromatic N) is 3. The molecule has 15 heavy (non-hydrogen) atoms. The second-order valence-corrected chi connectivity index (χ2v) is 3.52. The molecule has 84 valence electrons. The highest BCUT2D eigenvalue weighted by Gasteiger charge is 2.20. The van der Waals surface area contributed by atoms with Gasteiger partial charge in [0.05, 0.1) is 0 Å². The van der Waals surface area contributed by atoms with Gasteiger partial charge in [-0.05, 0) is 13.3 Å². The normalized spacial score (nSPS) is 14.6. The summed E-state index contributed by atoms with van der Waals surface area (Å²) < 4.78 is 0. The third-order valence-corrected chi connectivity index (χ3v) is 1.79. The second-order valence-electron chi connectivity index (χ2n) is 3.52. The van der Waals surface area contributed by atoms with Crippen molar-refractivity contribution in [1.29, 1.82) is 0 Å². The molecule has 0 spiro atoms. The largest absolute Gasteiger partial charge is 0.371 e. The fourth-order valence-corrected chi connectivity index (χ4v) is 1.26. The van der Waals surface area contributed by atoms with Crippen molar-refractivity contribution in [1.82, 2.24) is 15.0 Å². The quantitative estimate of drug-likeness (QED) is 0.516. The van der Waals surface area contributed by atoms with E-state index in [1.807, 2.05) is 6.92 Å². The summed E-state index contributed by atoms with van der Waals surface area (Å²) in [6.45, 7) is 3.60. The Labute approximate surface area is 87.9 Å². The van der Waals surface area contributed by atoms with E-state index in [0.717, 1.165) is 6.42 Å². The molecule has 0 aliphatic heterocycles. The third-order valence-electron chi connectivity index (χ3n) is 1.79. The first-order valence-electron chi connectivity index (χ1n) is 4.70. The van der Waals surface area contributed by atoms with E-state index in [4.69, 9.17) is 11.5 Å². The van der Waals surface area contributed by atoms with E-state index in [2.05, 4.69) is 20.3 Å². The molecular weight excluding hydrogens is 196 g/mol. The minimum absolute atomic E-state index is 0.0253. The number of aromatic nitrogens is 3. The lowest BCUT2D eigenvalue weighted by Crippen LogP contribution is -2.35. The summed E-state index contributed by atoms with van der Waals surface area (Å²) in [5.41, 5.74) is 9.70. The molecular formula is C8H16N6O. The summed E-state index contributed by atoms with van der Waals surface area (Å²) in [4.78, 5) is 11.2. The summed E-state index contributed by atoms with van der Waals surface area (Å²) in [7, 11) is 0. The van der Waals surface area contributed by atoms with E-state index in [1.54, 1.807) is 6.92 Å². The van der Waals surface area contributed by atoms with Gasteiger partial charge in [0.1, 0.15) is 5.72 Å². The number of hydrogen-bond acceptors (Lipinski definition) is 7. The van der Waals surface area contributed by atoms with Crippen LogP contribution in [0.2, 0.25) is 0 Å². The Kier molecular flexibility index (Phi) is 3.25. The fraction of sp³-hybridized carbons (Fsp3) is 0.625. The van der Waals surface area contributed by atoms with E-state index in [-0.39, 0.29) is 17.8 Å². The standard InChI is InChI=1S/C8H16N6O/c1-3-4-8(2,15)14-7-12-5(9)11-6(10)13-7/h15H,3-4H2,1-2H3,(H5,9,10,11,12,13,14). The van der Waals surface area contributed by atoms with Crippen LogP contribution < -0.4 is 16.8 Å². The van der Waals surface area contributed by atoms with Crippen molar-refractivity contribution in [2.45, 2.75) is 32.4 Å². The van der Waals surface area contributed by atoms with Crippen molar-refractivity contribution >= 4 is 17.8 Å². The highest BCUT2D eigenvalue weighted by Crippen LogP contribution is 2.14. The Morgan fingerprint density at radius 1 is 1.27 bits per heavy atom. The SMILES string of the molecule is CCCC(C)(O)Nc1nc(N)nc(N)n1. The molecule has 0 saturated carbocycles. The first kappa shape index (κ1) is 11.4. The monoisotopic (exact) mass is 212 g/mol. The predicted octanol–water partition coefficient (Wildman–Crippen LogP) is -0.0435. The van der Waals surface area contributed by atoms with Crippen molar-refractivity contribution in [3.63, 3.8) is 0 Å². The van der Waals surface area contributed by atoms with Crippen LogP contribution in [0.4, 0.5) is 17.8 Å². The van der Waals surface area contributed by atoms with Crippen LogP contribution in [-0.4, -0.2) is 25.8 Å². The molecule has 0 aromatic carbocycles. The van der Waals surface area contributed by atoms with E-state index in [1.165, 1.54) is 0 Å². The minimum atomic E-state index is -1.07. The van der Waals surface area contributed by atoms with Crippen molar-refractivity contribution < 1.29 is 5.11 Å². The van der Waals surface area contributed by atoms with Crippen LogP contribution in [0.25, 0.3) is 0 Å². The van der Waals surface area contributed by atoms with Gasteiger partial charge >= 0.3 is 0 Å². The summed E-state index contributed by atoms with van der Waals surface area (Å²) in [5, 5.41) is 12.6. The van der Waals surface area contributed by atoms with E-state index >= 15 is 0 Å². The maximum Gasteiger partial charge on any atom is 0.231 e. The van der Waals surface area contributed by atoms with Crippen LogP contribution in [-0.2, 0) is 0 Å². The topological polar surface area (TPSA) is 123 Å². The second kappa shape index (κ2) is 4.26. The molecule has 7 heteroatoms. The average Bonchev–Trinajstić information content (AvgIpc) is 1.99. The number of nitrogens with one attached hydrogen (secondary N) is 1. The molecule has 0 bridgehead atoms. The molecule has 1 aromatic rings. The van der Waals surface area contributed by atoms with Gasteiger partial charge in [-0.2, -0.15) is 15.0 Å². The average molecular weight is 212 g/mol. The zero-order valence-electron chi connectivity index (χ0n) is 8.86. The van der Waals surface area contributed by atoms with Gasteiger partial charge < -0.3 is 21.9 Å². The Hall–Kier alpha value is -1.63. The summed E-state index contributed by atoms with van der Waals surface area (Å²) in [6.07, 6.45) is 1.40. The summed E-state index contributed by atoms with van der Waals surface area (Å²) >= 11 is 0. The van der Waals surface area contributed by atoms with Crippen LogP contribution in [0.3, 0.4) is 0 Å². The zero-order chi connectivity index (χ0) is 11.5. The van der Waals surface area contributed by atoms with Crippen LogP contribution >= 0.6 is 0 Å². The molecule has 1 rings (SSSR count). The summed E-state index contributed by atoms with van der Waals surface area (Å²) in [6, 6.07) is 0. The molecule has 0 amide bonds. The van der Waals surface area contributed by atoms with E-state index in [0.29, 0.717) is 6.42 Å². The minimum Gasteiger partial charge on any atom is -0.371 e. The van der Waals surface area contributed by atoms with Crippen LogP contribution in [0, 0.1) is 0 Å². The van der Waals surface area contributed by atoms with Crippen LogP contribution in [0.1, 0.15) is 26.7 Å². The summed E-state index contributed by atoms with van der Waals surface area (Å²) in [5.74, 6) is 0.230. The third kappa shape index (κ3) is 3.55. The first-order valence-corrected chi connectivity index (χ1v) is 4.70. The predicted molar refractivity (Wildman–Crippen MR) is 57.8 cm³/mol. The van der Waals surface area contributed by atoms with Crippen LogP contribution in [0.5, 0.6) is 0 Å². The van der Waals surface area contributed by atoms with Crippen molar-refractivity contribution in [2.24, 2.45) is 0 Å². The zero-order valence-corrected chi connectivity index (χ0v) is 8.86. The van der Waals surface area contributed by atoms with E-state index in [9.17, 15) is 5.11 Å². The Bertz CT molecular complexity index is 320.